The summed E-state index contributed by atoms with van der Waals surface area (Å²) >= 11 is 0. The first-order valence-electron chi connectivity index (χ1n) is 9.21. The van der Waals surface area contributed by atoms with Crippen molar-refractivity contribution in [3.63, 3.8) is 0 Å². The summed E-state index contributed by atoms with van der Waals surface area (Å²) in [5.74, 6) is 0.343. The fourth-order valence-corrected chi connectivity index (χ4v) is 3.31. The highest BCUT2D eigenvalue weighted by molar-refractivity contribution is 5.66. The number of carbonyl (C=O) groups is 1. The molecule has 142 valence electrons. The number of ether oxygens (including phenoxy) is 1. The molecule has 0 saturated carbocycles. The third kappa shape index (κ3) is 5.18. The van der Waals surface area contributed by atoms with Gasteiger partial charge in [-0.3, -0.25) is 4.79 Å². The molecule has 26 heavy (non-hydrogen) atoms. The van der Waals surface area contributed by atoms with Crippen LogP contribution >= 0.6 is 0 Å². The van der Waals surface area contributed by atoms with Crippen LogP contribution in [0.15, 0.2) is 18.6 Å². The second-order valence-corrected chi connectivity index (χ2v) is 7.41. The van der Waals surface area contributed by atoms with Crippen molar-refractivity contribution in [2.45, 2.75) is 67.8 Å². The number of hydrogen-bond acceptors (Lipinski definition) is 4. The van der Waals surface area contributed by atoms with E-state index in [1.807, 2.05) is 12.5 Å². The second-order valence-electron chi connectivity index (χ2n) is 7.41. The van der Waals surface area contributed by atoms with E-state index in [0.717, 1.165) is 25.2 Å². The van der Waals surface area contributed by atoms with E-state index in [1.165, 1.54) is 34.9 Å². The molecule has 0 aliphatic carbocycles. The van der Waals surface area contributed by atoms with E-state index >= 15 is 0 Å². The van der Waals surface area contributed by atoms with Gasteiger partial charge in [0, 0.05) is 32.8 Å². The molecule has 2 aromatic rings. The summed E-state index contributed by atoms with van der Waals surface area (Å²) in [5, 5.41) is 3.54. The molecule has 5 nitrogen and oxygen atoms in total. The topological polar surface area (TPSA) is 56.1 Å². The van der Waals surface area contributed by atoms with Gasteiger partial charge >= 0.3 is 5.97 Å². The van der Waals surface area contributed by atoms with Crippen LogP contribution in [0.1, 0.15) is 54.3 Å². The second kappa shape index (κ2) is 8.99. The molecule has 0 aliphatic rings. The lowest BCUT2D eigenvalue weighted by molar-refractivity contribution is -0.142. The number of aryl methyl sites for hydroxylation is 2. The highest BCUT2D eigenvalue weighted by Crippen LogP contribution is 2.23. The van der Waals surface area contributed by atoms with Gasteiger partial charge in [-0.2, -0.15) is 0 Å². The Morgan fingerprint density at radius 3 is 2.54 bits per heavy atom. The SMILES string of the molecule is CC(=O)OCc1c(C)cc(C)c(CNCc2cncn2CC(C)C)c1C. The number of imidazole rings is 1. The van der Waals surface area contributed by atoms with Gasteiger partial charge in [0.1, 0.15) is 6.61 Å². The predicted molar refractivity (Wildman–Crippen MR) is 104 cm³/mol. The number of carbonyl (C=O) groups excluding carboxylic acids is 1. The molecule has 1 heterocycles. The lowest BCUT2D eigenvalue weighted by Crippen LogP contribution is -2.19. The third-order valence-electron chi connectivity index (χ3n) is 4.68. The Balaban J connectivity index is 2.08. The summed E-state index contributed by atoms with van der Waals surface area (Å²) in [6.45, 7) is 15.0. The first-order chi connectivity index (χ1) is 12.3. The third-order valence-corrected chi connectivity index (χ3v) is 4.68. The van der Waals surface area contributed by atoms with Gasteiger partial charge in [-0.05, 0) is 54.5 Å². The molecule has 0 amide bonds. The Bertz CT molecular complexity index is 763. The van der Waals surface area contributed by atoms with Gasteiger partial charge in [0.2, 0.25) is 0 Å². The molecular weight excluding hydrogens is 326 g/mol. The van der Waals surface area contributed by atoms with Crippen LogP contribution in [-0.4, -0.2) is 15.5 Å². The summed E-state index contributed by atoms with van der Waals surface area (Å²) in [7, 11) is 0. The van der Waals surface area contributed by atoms with Crippen LogP contribution < -0.4 is 5.32 Å². The minimum absolute atomic E-state index is 0.248. The average molecular weight is 357 g/mol. The average Bonchev–Trinajstić information content (AvgIpc) is 2.96. The molecule has 0 fully saturated rings. The van der Waals surface area contributed by atoms with Gasteiger partial charge in [-0.15, -0.1) is 0 Å². The molecule has 0 bridgehead atoms. The van der Waals surface area contributed by atoms with E-state index in [0.29, 0.717) is 12.5 Å². The highest BCUT2D eigenvalue weighted by atomic mass is 16.5. The number of aromatic nitrogens is 2. The zero-order valence-electron chi connectivity index (χ0n) is 16.8. The van der Waals surface area contributed by atoms with E-state index in [2.05, 4.69) is 55.6 Å². The molecule has 0 aliphatic heterocycles. The zero-order chi connectivity index (χ0) is 19.3. The Morgan fingerprint density at radius 2 is 1.88 bits per heavy atom. The number of esters is 1. The number of nitrogens with zero attached hydrogens (tertiary/aromatic N) is 2. The highest BCUT2D eigenvalue weighted by Gasteiger charge is 2.12. The Morgan fingerprint density at radius 1 is 1.19 bits per heavy atom. The van der Waals surface area contributed by atoms with Crippen molar-refractivity contribution in [2.75, 3.05) is 0 Å². The Hall–Kier alpha value is -2.14. The largest absolute Gasteiger partial charge is 0.461 e. The van der Waals surface area contributed by atoms with Crippen molar-refractivity contribution < 1.29 is 9.53 Å². The van der Waals surface area contributed by atoms with E-state index < -0.39 is 0 Å². The molecule has 1 aromatic heterocycles. The molecule has 5 heteroatoms. The Kier molecular flexibility index (Phi) is 6.98. The van der Waals surface area contributed by atoms with Crippen LogP contribution in [0.25, 0.3) is 0 Å². The maximum Gasteiger partial charge on any atom is 0.302 e. The minimum atomic E-state index is -0.248. The van der Waals surface area contributed by atoms with Crippen LogP contribution in [-0.2, 0) is 35.8 Å². The molecular formula is C21H31N3O2. The normalized spacial score (nSPS) is 11.2. The van der Waals surface area contributed by atoms with Crippen LogP contribution in [0.5, 0.6) is 0 Å². The van der Waals surface area contributed by atoms with Gasteiger partial charge in [0.25, 0.3) is 0 Å². The predicted octanol–water partition coefficient (Wildman–Crippen LogP) is 3.82. The molecule has 0 saturated heterocycles. The maximum atomic E-state index is 11.2. The molecule has 0 atom stereocenters. The maximum absolute atomic E-state index is 11.2. The number of nitrogens with one attached hydrogen (secondary N) is 1. The first kappa shape index (κ1) is 20.2. The summed E-state index contributed by atoms with van der Waals surface area (Å²) in [6, 6.07) is 2.17. The van der Waals surface area contributed by atoms with Crippen molar-refractivity contribution in [2.24, 2.45) is 5.92 Å². The fraction of sp³-hybridized carbons (Fsp3) is 0.524. The molecule has 1 N–H and O–H groups in total. The van der Waals surface area contributed by atoms with Gasteiger partial charge in [-0.25, -0.2) is 4.98 Å². The summed E-state index contributed by atoms with van der Waals surface area (Å²) < 4.78 is 7.44. The van der Waals surface area contributed by atoms with Crippen molar-refractivity contribution >= 4 is 5.97 Å². The van der Waals surface area contributed by atoms with E-state index in [9.17, 15) is 4.79 Å². The van der Waals surface area contributed by atoms with Crippen molar-refractivity contribution in [3.05, 3.63) is 52.1 Å². The van der Waals surface area contributed by atoms with Crippen LogP contribution in [0, 0.1) is 26.7 Å². The lowest BCUT2D eigenvalue weighted by Gasteiger charge is -2.18. The van der Waals surface area contributed by atoms with Crippen molar-refractivity contribution in [3.8, 4) is 0 Å². The fourth-order valence-electron chi connectivity index (χ4n) is 3.31. The summed E-state index contributed by atoms with van der Waals surface area (Å²) in [4.78, 5) is 15.4. The Labute approximate surface area is 156 Å². The molecule has 1 aromatic carbocycles. The van der Waals surface area contributed by atoms with E-state index in [4.69, 9.17) is 4.74 Å². The number of hydrogen-bond donors (Lipinski definition) is 1. The van der Waals surface area contributed by atoms with E-state index in [-0.39, 0.29) is 5.97 Å². The van der Waals surface area contributed by atoms with Gasteiger partial charge in [-0.1, -0.05) is 19.9 Å². The van der Waals surface area contributed by atoms with Crippen LogP contribution in [0.3, 0.4) is 0 Å². The lowest BCUT2D eigenvalue weighted by atomic mass is 9.93. The smallest absolute Gasteiger partial charge is 0.302 e. The zero-order valence-corrected chi connectivity index (χ0v) is 16.8. The van der Waals surface area contributed by atoms with Crippen molar-refractivity contribution in [1.29, 1.82) is 0 Å². The molecule has 0 unspecified atom stereocenters. The molecule has 0 radical (unpaired) electrons. The van der Waals surface area contributed by atoms with Gasteiger partial charge in [0.15, 0.2) is 0 Å². The first-order valence-corrected chi connectivity index (χ1v) is 9.21. The quantitative estimate of drug-likeness (QED) is 0.730. The summed E-state index contributed by atoms with van der Waals surface area (Å²) in [6.07, 6.45) is 3.83. The minimum Gasteiger partial charge on any atom is -0.461 e. The molecule has 2 rings (SSSR count). The molecule has 0 spiro atoms. The van der Waals surface area contributed by atoms with Gasteiger partial charge in [0.05, 0.1) is 12.0 Å². The van der Waals surface area contributed by atoms with E-state index in [1.54, 1.807) is 0 Å². The van der Waals surface area contributed by atoms with Gasteiger partial charge < -0.3 is 14.6 Å². The summed E-state index contributed by atoms with van der Waals surface area (Å²) in [5.41, 5.74) is 7.20. The standard InChI is InChI=1S/C21H31N3O2/c1-14(2)11-24-13-23-9-19(24)8-22-10-20-15(3)7-16(4)21(17(20)5)12-26-18(6)25/h7,9,13-14,22H,8,10-12H2,1-6H3. The van der Waals surface area contributed by atoms with Crippen molar-refractivity contribution in [1.82, 2.24) is 14.9 Å². The number of benzene rings is 1. The van der Waals surface area contributed by atoms with Crippen LogP contribution in [0.4, 0.5) is 0 Å². The van der Waals surface area contributed by atoms with Crippen LogP contribution in [0.2, 0.25) is 0 Å². The number of rotatable bonds is 8. The monoisotopic (exact) mass is 357 g/mol.